The predicted molar refractivity (Wildman–Crippen MR) is 68.3 cm³/mol. The van der Waals surface area contributed by atoms with Gasteiger partial charge in [-0.2, -0.15) is 9.40 Å². The highest BCUT2D eigenvalue weighted by molar-refractivity contribution is 7.89. The van der Waals surface area contributed by atoms with Gasteiger partial charge in [0.2, 0.25) is 0 Å². The molecule has 0 unspecified atom stereocenters. The van der Waals surface area contributed by atoms with Crippen molar-refractivity contribution in [2.45, 2.75) is 18.5 Å². The Hall–Kier alpha value is -1.66. The highest BCUT2D eigenvalue weighted by Gasteiger charge is 2.24. The Labute approximate surface area is 107 Å². The van der Waals surface area contributed by atoms with Crippen LogP contribution < -0.4 is 0 Å². The fraction of sp³-hybridized carbons (Fsp3) is 0.250. The van der Waals surface area contributed by atoms with Gasteiger partial charge in [0.1, 0.15) is 0 Å². The summed E-state index contributed by atoms with van der Waals surface area (Å²) in [7, 11) is -3.49. The molecule has 0 saturated heterocycles. The van der Waals surface area contributed by atoms with Crippen molar-refractivity contribution in [1.29, 1.82) is 0 Å². The molecule has 0 spiro atoms. The maximum absolute atomic E-state index is 12.3. The first-order valence-electron chi connectivity index (χ1n) is 5.68. The van der Waals surface area contributed by atoms with Crippen LogP contribution in [-0.4, -0.2) is 29.5 Å². The van der Waals surface area contributed by atoms with Crippen LogP contribution in [0.25, 0.3) is 0 Å². The number of nitrogens with one attached hydrogen (secondary N) is 1. The number of sulfonamides is 1. The molecule has 0 aliphatic heterocycles. The largest absolute Gasteiger partial charge is 0.266 e. The minimum Gasteiger partial charge on any atom is -0.266 e. The molecule has 5 nitrogen and oxygen atoms in total. The zero-order valence-electron chi connectivity index (χ0n) is 10.1. The molecule has 0 aliphatic rings. The molecule has 2 aromatic rings. The summed E-state index contributed by atoms with van der Waals surface area (Å²) in [6.07, 6.45) is 1.43. The quantitative estimate of drug-likeness (QED) is 0.893. The van der Waals surface area contributed by atoms with Crippen molar-refractivity contribution in [2.75, 3.05) is 6.54 Å². The second-order valence-electron chi connectivity index (χ2n) is 3.84. The lowest BCUT2D eigenvalue weighted by Gasteiger charge is -2.19. The standard InChI is InChI=1S/C12H15N3O2S/c1-2-15(10-11-6-4-3-5-7-11)18(16,17)12-8-9-13-14-12/h3-9H,2,10H2,1H3,(H,13,14). The lowest BCUT2D eigenvalue weighted by atomic mass is 10.2. The van der Waals surface area contributed by atoms with Crippen molar-refractivity contribution in [3.63, 3.8) is 0 Å². The predicted octanol–water partition coefficient (Wildman–Crippen LogP) is 1.62. The molecule has 0 amide bonds. The van der Waals surface area contributed by atoms with Gasteiger partial charge >= 0.3 is 0 Å². The van der Waals surface area contributed by atoms with Gasteiger partial charge in [0.15, 0.2) is 5.03 Å². The number of H-pyrrole nitrogens is 1. The first-order valence-corrected chi connectivity index (χ1v) is 7.12. The van der Waals surface area contributed by atoms with E-state index < -0.39 is 10.0 Å². The van der Waals surface area contributed by atoms with Crippen LogP contribution in [0.15, 0.2) is 47.6 Å². The summed E-state index contributed by atoms with van der Waals surface area (Å²) in [4.78, 5) is 0. The second-order valence-corrected chi connectivity index (χ2v) is 5.74. The molecule has 0 radical (unpaired) electrons. The number of hydrogen-bond donors (Lipinski definition) is 1. The van der Waals surface area contributed by atoms with Crippen LogP contribution in [0.1, 0.15) is 12.5 Å². The summed E-state index contributed by atoms with van der Waals surface area (Å²) in [5.74, 6) is 0. The Morgan fingerprint density at radius 1 is 1.22 bits per heavy atom. The Kier molecular flexibility index (Phi) is 3.78. The fourth-order valence-electron chi connectivity index (χ4n) is 1.68. The first-order chi connectivity index (χ1) is 8.64. The van der Waals surface area contributed by atoms with Crippen LogP contribution in [0.3, 0.4) is 0 Å². The van der Waals surface area contributed by atoms with E-state index in [9.17, 15) is 8.42 Å². The molecule has 2 rings (SSSR count). The summed E-state index contributed by atoms with van der Waals surface area (Å²) < 4.78 is 26.0. The molecule has 1 N–H and O–H groups in total. The minimum atomic E-state index is -3.49. The van der Waals surface area contributed by atoms with Crippen LogP contribution >= 0.6 is 0 Å². The average molecular weight is 265 g/mol. The molecule has 96 valence electrons. The van der Waals surface area contributed by atoms with Gasteiger partial charge in [0, 0.05) is 13.1 Å². The van der Waals surface area contributed by atoms with E-state index in [1.54, 1.807) is 0 Å². The monoisotopic (exact) mass is 265 g/mol. The number of rotatable bonds is 5. The van der Waals surface area contributed by atoms with E-state index in [4.69, 9.17) is 0 Å². The summed E-state index contributed by atoms with van der Waals surface area (Å²) in [5, 5.41) is 6.30. The Morgan fingerprint density at radius 3 is 2.50 bits per heavy atom. The van der Waals surface area contributed by atoms with E-state index in [0.29, 0.717) is 13.1 Å². The second kappa shape index (κ2) is 5.32. The lowest BCUT2D eigenvalue weighted by molar-refractivity contribution is 0.421. The molecule has 0 bridgehead atoms. The van der Waals surface area contributed by atoms with E-state index in [1.807, 2.05) is 37.3 Å². The number of benzene rings is 1. The molecule has 1 aromatic heterocycles. The van der Waals surface area contributed by atoms with E-state index in [-0.39, 0.29) is 5.03 Å². The third-order valence-electron chi connectivity index (χ3n) is 2.65. The van der Waals surface area contributed by atoms with Crippen molar-refractivity contribution in [1.82, 2.24) is 14.5 Å². The first kappa shape index (κ1) is 12.8. The van der Waals surface area contributed by atoms with E-state index in [2.05, 4.69) is 10.2 Å². The van der Waals surface area contributed by atoms with Gasteiger partial charge in [-0.25, -0.2) is 8.42 Å². The van der Waals surface area contributed by atoms with Gasteiger partial charge in [0.05, 0.1) is 6.20 Å². The fourth-order valence-corrected chi connectivity index (χ4v) is 3.02. The van der Waals surface area contributed by atoms with Gasteiger partial charge in [-0.15, -0.1) is 0 Å². The maximum atomic E-state index is 12.3. The molecule has 0 saturated carbocycles. The van der Waals surface area contributed by atoms with Crippen molar-refractivity contribution >= 4 is 10.0 Å². The molecule has 6 heteroatoms. The SMILES string of the molecule is CCN(Cc1ccccc1)S(=O)(=O)c1ccn[nH]1. The Morgan fingerprint density at radius 2 is 1.94 bits per heavy atom. The van der Waals surface area contributed by atoms with Gasteiger partial charge < -0.3 is 0 Å². The van der Waals surface area contributed by atoms with Crippen molar-refractivity contribution in [3.05, 3.63) is 48.2 Å². The number of aromatic nitrogens is 2. The van der Waals surface area contributed by atoms with E-state index in [0.717, 1.165) is 5.56 Å². The third-order valence-corrected chi connectivity index (χ3v) is 4.50. The van der Waals surface area contributed by atoms with Crippen molar-refractivity contribution in [3.8, 4) is 0 Å². The van der Waals surface area contributed by atoms with Gasteiger partial charge in [0.25, 0.3) is 10.0 Å². The average Bonchev–Trinajstić information content (AvgIpc) is 2.91. The summed E-state index contributed by atoms with van der Waals surface area (Å²) in [6, 6.07) is 11.0. The molecule has 1 heterocycles. The number of nitrogens with zero attached hydrogens (tertiary/aromatic N) is 2. The number of aromatic amines is 1. The zero-order valence-corrected chi connectivity index (χ0v) is 10.9. The van der Waals surface area contributed by atoms with E-state index in [1.165, 1.54) is 16.6 Å². The molecule has 18 heavy (non-hydrogen) atoms. The number of hydrogen-bond acceptors (Lipinski definition) is 3. The summed E-state index contributed by atoms with van der Waals surface area (Å²) >= 11 is 0. The lowest BCUT2D eigenvalue weighted by Crippen LogP contribution is -2.30. The summed E-state index contributed by atoms with van der Waals surface area (Å²) in [6.45, 7) is 2.59. The van der Waals surface area contributed by atoms with Crippen molar-refractivity contribution in [2.24, 2.45) is 0 Å². The highest BCUT2D eigenvalue weighted by Crippen LogP contribution is 2.15. The van der Waals surface area contributed by atoms with Gasteiger partial charge in [-0.3, -0.25) is 5.10 Å². The molecular formula is C12H15N3O2S. The van der Waals surface area contributed by atoms with Crippen molar-refractivity contribution < 1.29 is 8.42 Å². The van der Waals surface area contributed by atoms with Crippen LogP contribution in [0.4, 0.5) is 0 Å². The van der Waals surface area contributed by atoms with E-state index >= 15 is 0 Å². The third kappa shape index (κ3) is 2.60. The van der Waals surface area contributed by atoms with Crippen LogP contribution in [-0.2, 0) is 16.6 Å². The Balaban J connectivity index is 2.25. The van der Waals surface area contributed by atoms with Crippen LogP contribution in [0, 0.1) is 0 Å². The highest BCUT2D eigenvalue weighted by atomic mass is 32.2. The van der Waals surface area contributed by atoms with Crippen LogP contribution in [0.2, 0.25) is 0 Å². The maximum Gasteiger partial charge on any atom is 0.260 e. The molecule has 0 atom stereocenters. The van der Waals surface area contributed by atoms with Gasteiger partial charge in [-0.1, -0.05) is 37.3 Å². The Bertz CT molecular complexity index is 579. The molecule has 0 aliphatic carbocycles. The zero-order chi connectivity index (χ0) is 13.0. The van der Waals surface area contributed by atoms with Gasteiger partial charge in [-0.05, 0) is 11.6 Å². The minimum absolute atomic E-state index is 0.125. The topological polar surface area (TPSA) is 66.1 Å². The van der Waals surface area contributed by atoms with Crippen LogP contribution in [0.5, 0.6) is 0 Å². The summed E-state index contributed by atoms with van der Waals surface area (Å²) in [5.41, 5.74) is 0.961. The molecular weight excluding hydrogens is 250 g/mol. The molecule has 0 fully saturated rings. The smallest absolute Gasteiger partial charge is 0.260 e. The normalized spacial score (nSPS) is 11.9. The molecule has 1 aromatic carbocycles.